The molecule has 2 rings (SSSR count). The Bertz CT molecular complexity index is 592. The van der Waals surface area contributed by atoms with Gasteiger partial charge in [0, 0.05) is 16.6 Å². The number of nitrogens with zero attached hydrogens (tertiary/aromatic N) is 2. The molecule has 2 aromatic rings. The summed E-state index contributed by atoms with van der Waals surface area (Å²) in [5.74, 6) is -0.0874. The Morgan fingerprint density at radius 1 is 1.44 bits per heavy atom. The summed E-state index contributed by atoms with van der Waals surface area (Å²) in [6, 6.07) is 7.04. The number of hydrogen-bond donors (Lipinski definition) is 0. The second-order valence-corrected chi connectivity index (χ2v) is 5.51. The number of hydrogen-bond acceptors (Lipinski definition) is 2. The third-order valence-corrected chi connectivity index (χ3v) is 3.36. The van der Waals surface area contributed by atoms with Crippen molar-refractivity contribution in [3.63, 3.8) is 0 Å². The Hall–Kier alpha value is -1.13. The molecule has 5 heteroatoms. The van der Waals surface area contributed by atoms with Gasteiger partial charge in [-0.3, -0.25) is 9.48 Å². The minimum absolute atomic E-state index is 0.0874. The average Bonchev–Trinajstić information content (AvgIpc) is 2.70. The maximum absolute atomic E-state index is 12.5. The van der Waals surface area contributed by atoms with Crippen LogP contribution in [0.3, 0.4) is 0 Å². The van der Waals surface area contributed by atoms with E-state index < -0.39 is 0 Å². The Kier molecular flexibility index (Phi) is 3.88. The standard InChI is InChI=1S/C13H12BrClN2O/c1-8(2)17-12(11(14)7-16-17)13(18)9-4-3-5-10(15)6-9/h3-8H,1-2H3. The summed E-state index contributed by atoms with van der Waals surface area (Å²) in [5, 5.41) is 4.75. The highest BCUT2D eigenvalue weighted by atomic mass is 79.9. The van der Waals surface area contributed by atoms with Gasteiger partial charge in [-0.05, 0) is 41.9 Å². The summed E-state index contributed by atoms with van der Waals surface area (Å²) in [6.45, 7) is 3.96. The van der Waals surface area contributed by atoms with Crippen LogP contribution in [-0.4, -0.2) is 15.6 Å². The van der Waals surface area contributed by atoms with Gasteiger partial charge in [0.2, 0.25) is 5.78 Å². The summed E-state index contributed by atoms with van der Waals surface area (Å²) in [7, 11) is 0. The topological polar surface area (TPSA) is 34.9 Å². The van der Waals surface area contributed by atoms with Crippen molar-refractivity contribution in [2.45, 2.75) is 19.9 Å². The van der Waals surface area contributed by atoms with E-state index in [2.05, 4.69) is 21.0 Å². The van der Waals surface area contributed by atoms with Crippen molar-refractivity contribution in [3.8, 4) is 0 Å². The van der Waals surface area contributed by atoms with Crippen LogP contribution in [-0.2, 0) is 0 Å². The zero-order valence-corrected chi connectivity index (χ0v) is 12.4. The number of rotatable bonds is 3. The molecule has 0 fully saturated rings. The first-order valence-corrected chi connectivity index (χ1v) is 6.71. The van der Waals surface area contributed by atoms with Crippen LogP contribution in [0.25, 0.3) is 0 Å². The summed E-state index contributed by atoms with van der Waals surface area (Å²) < 4.78 is 2.40. The minimum atomic E-state index is -0.0874. The van der Waals surface area contributed by atoms with Gasteiger partial charge in [-0.1, -0.05) is 23.7 Å². The minimum Gasteiger partial charge on any atom is -0.287 e. The molecule has 0 atom stereocenters. The zero-order chi connectivity index (χ0) is 13.3. The molecule has 0 radical (unpaired) electrons. The van der Waals surface area contributed by atoms with Crippen LogP contribution in [0, 0.1) is 0 Å². The van der Waals surface area contributed by atoms with Gasteiger partial charge in [0.05, 0.1) is 10.7 Å². The fourth-order valence-corrected chi connectivity index (χ4v) is 2.36. The first-order chi connectivity index (χ1) is 8.50. The van der Waals surface area contributed by atoms with E-state index in [9.17, 15) is 4.79 Å². The molecule has 0 saturated heterocycles. The molecule has 0 saturated carbocycles. The molecule has 0 aliphatic heterocycles. The van der Waals surface area contributed by atoms with Gasteiger partial charge in [-0.25, -0.2) is 0 Å². The van der Waals surface area contributed by atoms with Crippen LogP contribution in [0.15, 0.2) is 34.9 Å². The fourth-order valence-electron chi connectivity index (χ4n) is 1.71. The van der Waals surface area contributed by atoms with E-state index in [4.69, 9.17) is 11.6 Å². The molecule has 0 unspecified atom stereocenters. The van der Waals surface area contributed by atoms with Crippen molar-refractivity contribution in [1.29, 1.82) is 0 Å². The largest absolute Gasteiger partial charge is 0.287 e. The van der Waals surface area contributed by atoms with Gasteiger partial charge >= 0.3 is 0 Å². The van der Waals surface area contributed by atoms with Crippen LogP contribution >= 0.6 is 27.5 Å². The number of benzene rings is 1. The summed E-state index contributed by atoms with van der Waals surface area (Å²) in [5.41, 5.74) is 1.11. The Morgan fingerprint density at radius 2 is 2.17 bits per heavy atom. The Labute approximate surface area is 119 Å². The maximum Gasteiger partial charge on any atom is 0.212 e. The predicted molar refractivity (Wildman–Crippen MR) is 75.2 cm³/mol. The Morgan fingerprint density at radius 3 is 2.78 bits per heavy atom. The van der Waals surface area contributed by atoms with Crippen molar-refractivity contribution in [1.82, 2.24) is 9.78 Å². The number of aromatic nitrogens is 2. The lowest BCUT2D eigenvalue weighted by Crippen LogP contribution is -2.13. The van der Waals surface area contributed by atoms with Crippen LogP contribution in [0.5, 0.6) is 0 Å². The highest BCUT2D eigenvalue weighted by Crippen LogP contribution is 2.23. The predicted octanol–water partition coefficient (Wildman–Crippen LogP) is 4.11. The third-order valence-electron chi connectivity index (χ3n) is 2.54. The van der Waals surface area contributed by atoms with Crippen molar-refractivity contribution < 1.29 is 4.79 Å². The molecule has 94 valence electrons. The molecule has 0 aliphatic rings. The monoisotopic (exact) mass is 326 g/mol. The molecule has 0 N–H and O–H groups in total. The summed E-state index contributed by atoms with van der Waals surface area (Å²) >= 11 is 9.27. The van der Waals surface area contributed by atoms with Gasteiger partial charge in [0.1, 0.15) is 5.69 Å². The molecule has 0 spiro atoms. The van der Waals surface area contributed by atoms with Crippen LogP contribution in [0.1, 0.15) is 35.9 Å². The molecule has 1 heterocycles. The summed E-state index contributed by atoms with van der Waals surface area (Å²) in [6.07, 6.45) is 1.64. The molecule has 0 amide bonds. The molecule has 18 heavy (non-hydrogen) atoms. The van der Waals surface area contributed by atoms with E-state index in [1.165, 1.54) is 0 Å². The van der Waals surface area contributed by atoms with Crippen molar-refractivity contribution in [2.24, 2.45) is 0 Å². The van der Waals surface area contributed by atoms with Gasteiger partial charge in [0.15, 0.2) is 0 Å². The highest BCUT2D eigenvalue weighted by molar-refractivity contribution is 9.10. The van der Waals surface area contributed by atoms with Gasteiger partial charge in [0.25, 0.3) is 0 Å². The molecule has 0 aliphatic carbocycles. The lowest BCUT2D eigenvalue weighted by atomic mass is 10.1. The SMILES string of the molecule is CC(C)n1ncc(Br)c1C(=O)c1cccc(Cl)c1. The normalized spacial score (nSPS) is 10.9. The molecular formula is C13H12BrClN2O. The first-order valence-electron chi connectivity index (χ1n) is 5.54. The molecule has 3 nitrogen and oxygen atoms in total. The first kappa shape index (κ1) is 13.3. The molecule has 0 bridgehead atoms. The van der Waals surface area contributed by atoms with E-state index in [0.717, 1.165) is 0 Å². The average molecular weight is 328 g/mol. The molecular weight excluding hydrogens is 316 g/mol. The number of ketones is 1. The molecule has 1 aromatic carbocycles. The second kappa shape index (κ2) is 5.24. The fraction of sp³-hybridized carbons (Fsp3) is 0.231. The highest BCUT2D eigenvalue weighted by Gasteiger charge is 2.20. The van der Waals surface area contributed by atoms with E-state index in [1.807, 2.05) is 13.8 Å². The van der Waals surface area contributed by atoms with Gasteiger partial charge < -0.3 is 0 Å². The smallest absolute Gasteiger partial charge is 0.212 e. The van der Waals surface area contributed by atoms with Crippen LogP contribution < -0.4 is 0 Å². The van der Waals surface area contributed by atoms with E-state index >= 15 is 0 Å². The quantitative estimate of drug-likeness (QED) is 0.795. The van der Waals surface area contributed by atoms with E-state index in [1.54, 1.807) is 35.1 Å². The van der Waals surface area contributed by atoms with Crippen molar-refractivity contribution in [3.05, 3.63) is 51.2 Å². The van der Waals surface area contributed by atoms with Gasteiger partial charge in [-0.15, -0.1) is 0 Å². The van der Waals surface area contributed by atoms with E-state index in [0.29, 0.717) is 20.8 Å². The second-order valence-electron chi connectivity index (χ2n) is 4.22. The van der Waals surface area contributed by atoms with Gasteiger partial charge in [-0.2, -0.15) is 5.10 Å². The summed E-state index contributed by atoms with van der Waals surface area (Å²) in [4.78, 5) is 12.5. The van der Waals surface area contributed by atoms with Crippen LogP contribution in [0.4, 0.5) is 0 Å². The van der Waals surface area contributed by atoms with Crippen molar-refractivity contribution >= 4 is 33.3 Å². The van der Waals surface area contributed by atoms with E-state index in [-0.39, 0.29) is 11.8 Å². The lowest BCUT2D eigenvalue weighted by molar-refractivity contribution is 0.102. The zero-order valence-electron chi connectivity index (χ0n) is 10.0. The van der Waals surface area contributed by atoms with Crippen molar-refractivity contribution in [2.75, 3.05) is 0 Å². The molecule has 1 aromatic heterocycles. The number of carbonyl (C=O) groups excluding carboxylic acids is 1. The Balaban J connectivity index is 2.49. The maximum atomic E-state index is 12.5. The van der Waals surface area contributed by atoms with Crippen LogP contribution in [0.2, 0.25) is 5.02 Å². The lowest BCUT2D eigenvalue weighted by Gasteiger charge is -2.10. The third kappa shape index (κ3) is 2.49. The number of halogens is 2. The number of carbonyl (C=O) groups is 1.